The van der Waals surface area contributed by atoms with Crippen molar-refractivity contribution >= 4 is 32.9 Å². The zero-order valence-electron chi connectivity index (χ0n) is 24.3. The summed E-state index contributed by atoms with van der Waals surface area (Å²) in [7, 11) is -1.17. The molecule has 1 saturated heterocycles. The van der Waals surface area contributed by atoms with Crippen molar-refractivity contribution < 1.29 is 22.7 Å². The highest BCUT2D eigenvalue weighted by Crippen LogP contribution is 2.65. The number of benzene rings is 2. The third-order valence-corrected chi connectivity index (χ3v) is 11.3. The lowest BCUT2D eigenvalue weighted by Crippen LogP contribution is -2.45. The molecule has 7 rings (SSSR count). The van der Waals surface area contributed by atoms with Crippen molar-refractivity contribution in [1.82, 2.24) is 18.5 Å². The quantitative estimate of drug-likeness (QED) is 0.479. The first-order valence-electron chi connectivity index (χ1n) is 15.1. The summed E-state index contributed by atoms with van der Waals surface area (Å²) in [6, 6.07) is 14.1. The molecule has 0 spiro atoms. The predicted octanol–water partition coefficient (Wildman–Crippen LogP) is 4.24. The molecule has 2 aromatic carbocycles. The van der Waals surface area contributed by atoms with E-state index in [4.69, 9.17) is 4.74 Å². The SMILES string of the molecule is CN(C)S(=O)(=O)NC(=O)c1ccc2c(C3CCCCC3)c3n(c2c1)CC1(C(=O)N2CCOCC2)C[C@H]1c1ccccc1-3. The molecule has 222 valence electrons. The summed E-state index contributed by atoms with van der Waals surface area (Å²) in [5.74, 6) is 0.0397. The zero-order chi connectivity index (χ0) is 29.2. The van der Waals surface area contributed by atoms with Gasteiger partial charge in [0.1, 0.15) is 0 Å². The number of ether oxygens (including phenoxy) is 1. The fourth-order valence-corrected chi connectivity index (χ4v) is 8.15. The van der Waals surface area contributed by atoms with Gasteiger partial charge >= 0.3 is 10.2 Å². The number of nitrogens with one attached hydrogen (secondary N) is 1. The molecule has 1 N–H and O–H groups in total. The number of morpholine rings is 1. The Morgan fingerprint density at radius 2 is 1.76 bits per heavy atom. The van der Waals surface area contributed by atoms with Gasteiger partial charge in [-0.2, -0.15) is 12.7 Å². The largest absolute Gasteiger partial charge is 0.378 e. The molecular weight excluding hydrogens is 552 g/mol. The standard InChI is InChI=1S/C32H38N4O5S/c1-34(2)42(39,40)33-30(37)22-12-13-25-27(18-22)36-20-32(31(38)35-14-16-41-17-15-35)19-26(32)23-10-6-7-11-24(23)29(36)28(25)21-8-4-3-5-9-21/h6-7,10-13,18,21,26H,3-5,8-9,14-17,19-20H2,1-2H3,(H,33,37)/t26-,32?/m0/s1. The minimum atomic E-state index is -3.94. The van der Waals surface area contributed by atoms with E-state index in [0.29, 0.717) is 38.8 Å². The predicted molar refractivity (Wildman–Crippen MR) is 160 cm³/mol. The van der Waals surface area contributed by atoms with E-state index in [1.165, 1.54) is 50.0 Å². The third kappa shape index (κ3) is 4.37. The van der Waals surface area contributed by atoms with Gasteiger partial charge in [-0.1, -0.05) is 49.6 Å². The number of fused-ring (bicyclic) bond motifs is 7. The Kier molecular flexibility index (Phi) is 6.71. The number of carbonyl (C=O) groups is 2. The summed E-state index contributed by atoms with van der Waals surface area (Å²) in [5, 5.41) is 1.09. The maximum Gasteiger partial charge on any atom is 0.303 e. The average molecular weight is 591 g/mol. The normalized spacial score (nSPS) is 24.1. The second-order valence-electron chi connectivity index (χ2n) is 12.5. The number of hydrogen-bond acceptors (Lipinski definition) is 5. The van der Waals surface area contributed by atoms with Crippen LogP contribution < -0.4 is 4.72 Å². The van der Waals surface area contributed by atoms with Gasteiger partial charge in [-0.3, -0.25) is 9.59 Å². The number of rotatable bonds is 5. The van der Waals surface area contributed by atoms with Gasteiger partial charge in [-0.25, -0.2) is 4.72 Å². The molecule has 1 aromatic heterocycles. The molecule has 42 heavy (non-hydrogen) atoms. The molecule has 2 aliphatic carbocycles. The van der Waals surface area contributed by atoms with Crippen LogP contribution in [0.5, 0.6) is 0 Å². The van der Waals surface area contributed by atoms with Crippen LogP contribution in [0.15, 0.2) is 42.5 Å². The van der Waals surface area contributed by atoms with Crippen molar-refractivity contribution in [3.63, 3.8) is 0 Å². The molecule has 9 nitrogen and oxygen atoms in total. The highest BCUT2D eigenvalue weighted by molar-refractivity contribution is 7.87. The summed E-state index contributed by atoms with van der Waals surface area (Å²) in [6.07, 6.45) is 6.62. The van der Waals surface area contributed by atoms with Crippen molar-refractivity contribution in [3.8, 4) is 11.3 Å². The molecule has 1 unspecified atom stereocenters. The van der Waals surface area contributed by atoms with E-state index in [0.717, 1.165) is 40.2 Å². The molecule has 0 bridgehead atoms. The van der Waals surface area contributed by atoms with Crippen molar-refractivity contribution in [2.75, 3.05) is 40.4 Å². The molecule has 2 saturated carbocycles. The minimum absolute atomic E-state index is 0.134. The number of carbonyl (C=O) groups excluding carboxylic acids is 2. The Balaban J connectivity index is 1.42. The molecular formula is C32H38N4O5S. The van der Waals surface area contributed by atoms with Crippen molar-refractivity contribution in [1.29, 1.82) is 0 Å². The Labute approximate surface area is 247 Å². The van der Waals surface area contributed by atoms with Crippen LogP contribution >= 0.6 is 0 Å². The minimum Gasteiger partial charge on any atom is -0.378 e. The van der Waals surface area contributed by atoms with Crippen LogP contribution in [0.1, 0.15) is 71.8 Å². The number of amides is 2. The van der Waals surface area contributed by atoms with Crippen LogP contribution in [-0.2, 0) is 26.3 Å². The Morgan fingerprint density at radius 1 is 1.02 bits per heavy atom. The van der Waals surface area contributed by atoms with Gasteiger partial charge in [0.2, 0.25) is 5.91 Å². The topological polar surface area (TPSA) is 101 Å². The highest BCUT2D eigenvalue weighted by atomic mass is 32.2. The first-order chi connectivity index (χ1) is 20.2. The van der Waals surface area contributed by atoms with E-state index in [1.54, 1.807) is 6.07 Å². The Hall–Kier alpha value is -3.21. The summed E-state index contributed by atoms with van der Waals surface area (Å²) >= 11 is 0. The number of hydrogen-bond donors (Lipinski definition) is 1. The van der Waals surface area contributed by atoms with Crippen LogP contribution in [-0.4, -0.2) is 74.4 Å². The lowest BCUT2D eigenvalue weighted by Gasteiger charge is -2.31. The van der Waals surface area contributed by atoms with Gasteiger partial charge in [0, 0.05) is 61.7 Å². The molecule has 2 atom stereocenters. The third-order valence-electron chi connectivity index (χ3n) is 9.91. The molecule has 2 amide bonds. The van der Waals surface area contributed by atoms with E-state index >= 15 is 0 Å². The zero-order valence-corrected chi connectivity index (χ0v) is 25.1. The summed E-state index contributed by atoms with van der Waals surface area (Å²) in [6.45, 7) is 2.85. The van der Waals surface area contributed by atoms with Gasteiger partial charge in [-0.15, -0.1) is 0 Å². The molecule has 0 radical (unpaired) electrons. The highest BCUT2D eigenvalue weighted by Gasteiger charge is 2.63. The van der Waals surface area contributed by atoms with E-state index in [-0.39, 0.29) is 17.4 Å². The second kappa shape index (κ2) is 10.2. The monoisotopic (exact) mass is 590 g/mol. The van der Waals surface area contributed by atoms with Crippen LogP contribution in [0.3, 0.4) is 0 Å². The average Bonchev–Trinajstić information content (AvgIpc) is 3.67. The lowest BCUT2D eigenvalue weighted by atomic mass is 9.81. The van der Waals surface area contributed by atoms with E-state index in [2.05, 4.69) is 33.6 Å². The summed E-state index contributed by atoms with van der Waals surface area (Å²) in [5.41, 5.74) is 5.48. The van der Waals surface area contributed by atoms with Crippen LogP contribution in [0.2, 0.25) is 0 Å². The smallest absolute Gasteiger partial charge is 0.303 e. The van der Waals surface area contributed by atoms with E-state index in [9.17, 15) is 18.0 Å². The molecule has 4 aliphatic rings. The maximum atomic E-state index is 14.3. The Morgan fingerprint density at radius 3 is 2.50 bits per heavy atom. The van der Waals surface area contributed by atoms with Gasteiger partial charge in [0.25, 0.3) is 5.91 Å². The van der Waals surface area contributed by atoms with Crippen molar-refractivity contribution in [3.05, 3.63) is 59.2 Å². The summed E-state index contributed by atoms with van der Waals surface area (Å²) in [4.78, 5) is 29.4. The fourth-order valence-electron chi connectivity index (χ4n) is 7.62. The van der Waals surface area contributed by atoms with Gasteiger partial charge < -0.3 is 14.2 Å². The molecule has 3 fully saturated rings. The lowest BCUT2D eigenvalue weighted by molar-refractivity contribution is -0.141. The fraction of sp³-hybridized carbons (Fsp3) is 0.500. The van der Waals surface area contributed by atoms with Crippen molar-refractivity contribution in [2.24, 2.45) is 5.41 Å². The molecule has 10 heteroatoms. The number of aromatic nitrogens is 1. The van der Waals surface area contributed by atoms with Gasteiger partial charge in [-0.05, 0) is 48.4 Å². The number of nitrogens with zero attached hydrogens (tertiary/aromatic N) is 3. The second-order valence-corrected chi connectivity index (χ2v) is 14.4. The van der Waals surface area contributed by atoms with Crippen LogP contribution in [0, 0.1) is 5.41 Å². The molecule has 2 aliphatic heterocycles. The van der Waals surface area contributed by atoms with E-state index < -0.39 is 21.5 Å². The first-order valence-corrected chi connectivity index (χ1v) is 16.5. The first kappa shape index (κ1) is 27.6. The van der Waals surface area contributed by atoms with E-state index in [1.807, 2.05) is 17.0 Å². The van der Waals surface area contributed by atoms with Crippen molar-refractivity contribution in [2.45, 2.75) is 56.9 Å². The van der Waals surface area contributed by atoms with Crippen LogP contribution in [0.4, 0.5) is 0 Å². The molecule has 3 aromatic rings. The van der Waals surface area contributed by atoms with Crippen LogP contribution in [0.25, 0.3) is 22.2 Å². The summed E-state index contributed by atoms with van der Waals surface area (Å²) < 4.78 is 35.9. The van der Waals surface area contributed by atoms with Gasteiger partial charge in [0.15, 0.2) is 0 Å². The maximum absolute atomic E-state index is 14.3. The molecule has 3 heterocycles. The van der Waals surface area contributed by atoms with Gasteiger partial charge in [0.05, 0.1) is 24.3 Å². The Bertz CT molecular complexity index is 1680.